The van der Waals surface area contributed by atoms with Gasteiger partial charge in [-0.15, -0.1) is 0 Å². The van der Waals surface area contributed by atoms with Crippen molar-refractivity contribution in [3.05, 3.63) is 0 Å². The zero-order valence-corrected chi connectivity index (χ0v) is 11.7. The van der Waals surface area contributed by atoms with Gasteiger partial charge in [0.15, 0.2) is 0 Å². The highest BCUT2D eigenvalue weighted by Crippen LogP contribution is 2.14. The third kappa shape index (κ3) is 10.1. The summed E-state index contributed by atoms with van der Waals surface area (Å²) in [5.74, 6) is -1.62. The summed E-state index contributed by atoms with van der Waals surface area (Å²) in [6, 6.07) is 0. The molecule has 0 aliphatic heterocycles. The van der Waals surface area contributed by atoms with Gasteiger partial charge in [0.25, 0.3) is 0 Å². The number of ether oxygens (including phenoxy) is 2. The Kier molecular flexibility index (Phi) is 7.79. The first-order valence-electron chi connectivity index (χ1n) is 6.28. The van der Waals surface area contributed by atoms with E-state index in [9.17, 15) is 14.4 Å². The summed E-state index contributed by atoms with van der Waals surface area (Å²) in [7, 11) is 0. The first-order valence-corrected chi connectivity index (χ1v) is 6.28. The Balaban J connectivity index is 3.54. The van der Waals surface area contributed by atoms with Crippen LogP contribution in [0.3, 0.4) is 0 Å². The average molecular weight is 274 g/mol. The lowest BCUT2D eigenvalue weighted by atomic mass is 9.97. The highest BCUT2D eigenvalue weighted by Gasteiger charge is 2.22. The van der Waals surface area contributed by atoms with Crippen molar-refractivity contribution in [2.45, 2.75) is 46.5 Å². The van der Waals surface area contributed by atoms with Crippen LogP contribution in [0.5, 0.6) is 0 Å². The van der Waals surface area contributed by atoms with Crippen LogP contribution in [-0.2, 0) is 23.9 Å². The smallest absolute Gasteiger partial charge is 0.311 e. The Morgan fingerprint density at radius 1 is 0.947 bits per heavy atom. The summed E-state index contributed by atoms with van der Waals surface area (Å²) < 4.78 is 9.77. The molecule has 0 unspecified atom stereocenters. The van der Waals surface area contributed by atoms with Gasteiger partial charge in [-0.1, -0.05) is 0 Å². The predicted octanol–water partition coefficient (Wildman–Crippen LogP) is 1.76. The number of aliphatic carboxylic acids is 1. The Morgan fingerprint density at radius 2 is 1.47 bits per heavy atom. The van der Waals surface area contributed by atoms with E-state index < -0.39 is 17.4 Å². The molecule has 0 atom stereocenters. The molecule has 0 spiro atoms. The first kappa shape index (κ1) is 17.4. The number of rotatable bonds is 8. The van der Waals surface area contributed by atoms with E-state index in [1.165, 1.54) is 0 Å². The standard InChI is InChI=1S/C13H22O6/c1-13(2,3)12(17)19-9-8-18-11(16)7-5-4-6-10(14)15/h4-9H2,1-3H3,(H,14,15). The summed E-state index contributed by atoms with van der Waals surface area (Å²) in [5.41, 5.74) is -0.569. The van der Waals surface area contributed by atoms with Crippen molar-refractivity contribution in [1.29, 1.82) is 0 Å². The Morgan fingerprint density at radius 3 is 2.00 bits per heavy atom. The Labute approximate surface area is 113 Å². The normalized spacial score (nSPS) is 10.9. The second kappa shape index (κ2) is 8.50. The number of esters is 2. The summed E-state index contributed by atoms with van der Waals surface area (Å²) >= 11 is 0. The molecular formula is C13H22O6. The maximum absolute atomic E-state index is 11.4. The molecule has 0 aromatic carbocycles. The zero-order chi connectivity index (χ0) is 14.9. The van der Waals surface area contributed by atoms with Gasteiger partial charge in [-0.2, -0.15) is 0 Å². The highest BCUT2D eigenvalue weighted by molar-refractivity contribution is 5.75. The van der Waals surface area contributed by atoms with Crippen LogP contribution in [0.1, 0.15) is 46.5 Å². The Bertz CT molecular complexity index is 316. The van der Waals surface area contributed by atoms with Crippen molar-refractivity contribution in [3.8, 4) is 0 Å². The van der Waals surface area contributed by atoms with Crippen LogP contribution >= 0.6 is 0 Å². The fourth-order valence-corrected chi connectivity index (χ4v) is 1.12. The van der Waals surface area contributed by atoms with Crippen LogP contribution < -0.4 is 0 Å². The fourth-order valence-electron chi connectivity index (χ4n) is 1.12. The number of carboxylic acids is 1. The average Bonchev–Trinajstić information content (AvgIpc) is 2.28. The van der Waals surface area contributed by atoms with Crippen molar-refractivity contribution in [2.24, 2.45) is 5.41 Å². The quantitative estimate of drug-likeness (QED) is 0.536. The maximum Gasteiger partial charge on any atom is 0.311 e. The topological polar surface area (TPSA) is 89.9 Å². The molecule has 0 rings (SSSR count). The zero-order valence-electron chi connectivity index (χ0n) is 11.7. The van der Waals surface area contributed by atoms with Crippen molar-refractivity contribution < 1.29 is 29.0 Å². The molecule has 0 aromatic rings. The lowest BCUT2D eigenvalue weighted by Crippen LogP contribution is -2.24. The molecule has 0 fully saturated rings. The Hall–Kier alpha value is -1.59. The second-order valence-corrected chi connectivity index (χ2v) is 5.21. The van der Waals surface area contributed by atoms with E-state index in [1.807, 2.05) is 0 Å². The van der Waals surface area contributed by atoms with Gasteiger partial charge in [0.05, 0.1) is 5.41 Å². The third-order valence-corrected chi connectivity index (χ3v) is 2.21. The molecule has 0 saturated heterocycles. The minimum Gasteiger partial charge on any atom is -0.481 e. The molecule has 0 bridgehead atoms. The van der Waals surface area contributed by atoms with E-state index in [1.54, 1.807) is 20.8 Å². The molecule has 0 saturated carbocycles. The van der Waals surface area contributed by atoms with Crippen LogP contribution in [0, 0.1) is 5.41 Å². The summed E-state index contributed by atoms with van der Waals surface area (Å²) in [6.45, 7) is 5.29. The molecule has 0 aliphatic carbocycles. The van der Waals surface area contributed by atoms with Crippen LogP contribution in [0.4, 0.5) is 0 Å². The van der Waals surface area contributed by atoms with E-state index in [4.69, 9.17) is 14.6 Å². The lowest BCUT2D eigenvalue weighted by molar-refractivity contribution is -0.158. The fraction of sp³-hybridized carbons (Fsp3) is 0.769. The van der Waals surface area contributed by atoms with Crippen LogP contribution in [0.25, 0.3) is 0 Å². The SMILES string of the molecule is CC(C)(C)C(=O)OCCOC(=O)CCCCC(=O)O. The maximum atomic E-state index is 11.4. The summed E-state index contributed by atoms with van der Waals surface area (Å²) in [6.07, 6.45) is 1.16. The van der Waals surface area contributed by atoms with Gasteiger partial charge in [-0.25, -0.2) is 0 Å². The van der Waals surface area contributed by atoms with E-state index in [-0.39, 0.29) is 32.0 Å². The molecule has 0 aromatic heterocycles. The van der Waals surface area contributed by atoms with Crippen molar-refractivity contribution in [1.82, 2.24) is 0 Å². The minimum atomic E-state index is -0.873. The highest BCUT2D eigenvalue weighted by atomic mass is 16.6. The van der Waals surface area contributed by atoms with E-state index >= 15 is 0 Å². The van der Waals surface area contributed by atoms with E-state index in [0.717, 1.165) is 0 Å². The minimum absolute atomic E-state index is 0.0274. The predicted molar refractivity (Wildman–Crippen MR) is 67.5 cm³/mol. The first-order chi connectivity index (χ1) is 8.73. The van der Waals surface area contributed by atoms with Crippen LogP contribution in [0.2, 0.25) is 0 Å². The number of unbranched alkanes of at least 4 members (excludes halogenated alkanes) is 1. The van der Waals surface area contributed by atoms with Gasteiger partial charge < -0.3 is 14.6 Å². The van der Waals surface area contributed by atoms with Crippen LogP contribution in [0.15, 0.2) is 0 Å². The second-order valence-electron chi connectivity index (χ2n) is 5.21. The molecule has 6 heteroatoms. The number of carbonyl (C=O) groups is 3. The monoisotopic (exact) mass is 274 g/mol. The molecule has 1 N–H and O–H groups in total. The molecule has 19 heavy (non-hydrogen) atoms. The van der Waals surface area contributed by atoms with Gasteiger partial charge in [0, 0.05) is 12.8 Å². The van der Waals surface area contributed by atoms with Crippen molar-refractivity contribution >= 4 is 17.9 Å². The van der Waals surface area contributed by atoms with E-state index in [0.29, 0.717) is 12.8 Å². The molecule has 0 heterocycles. The van der Waals surface area contributed by atoms with Crippen LogP contribution in [-0.4, -0.2) is 36.2 Å². The molecule has 6 nitrogen and oxygen atoms in total. The van der Waals surface area contributed by atoms with Gasteiger partial charge in [-0.3, -0.25) is 14.4 Å². The lowest BCUT2D eigenvalue weighted by Gasteiger charge is -2.16. The molecule has 0 amide bonds. The largest absolute Gasteiger partial charge is 0.481 e. The summed E-state index contributed by atoms with van der Waals surface area (Å²) in [4.78, 5) is 32.8. The molecule has 0 radical (unpaired) electrons. The number of hydrogen-bond donors (Lipinski definition) is 1. The van der Waals surface area contributed by atoms with Crippen molar-refractivity contribution in [2.75, 3.05) is 13.2 Å². The number of carbonyl (C=O) groups excluding carboxylic acids is 2. The van der Waals surface area contributed by atoms with Gasteiger partial charge >= 0.3 is 17.9 Å². The molecular weight excluding hydrogens is 252 g/mol. The number of carboxylic acid groups (broad SMARTS) is 1. The molecule has 0 aliphatic rings. The van der Waals surface area contributed by atoms with E-state index in [2.05, 4.69) is 0 Å². The molecule has 110 valence electrons. The number of hydrogen-bond acceptors (Lipinski definition) is 5. The van der Waals surface area contributed by atoms with Gasteiger partial charge in [0.1, 0.15) is 13.2 Å². The summed E-state index contributed by atoms with van der Waals surface area (Å²) in [5, 5.41) is 8.41. The van der Waals surface area contributed by atoms with Gasteiger partial charge in [0.2, 0.25) is 0 Å². The van der Waals surface area contributed by atoms with Crippen molar-refractivity contribution in [3.63, 3.8) is 0 Å². The third-order valence-electron chi connectivity index (χ3n) is 2.21. The van der Waals surface area contributed by atoms with Gasteiger partial charge in [-0.05, 0) is 33.6 Å².